The van der Waals surface area contributed by atoms with Crippen LogP contribution in [-0.4, -0.2) is 36.2 Å². The van der Waals surface area contributed by atoms with Crippen molar-refractivity contribution in [1.29, 1.82) is 0 Å². The molecular formula is C16H20N6O2S. The predicted molar refractivity (Wildman–Crippen MR) is 93.9 cm³/mol. The summed E-state index contributed by atoms with van der Waals surface area (Å²) in [6.45, 7) is 5.96. The van der Waals surface area contributed by atoms with Crippen LogP contribution in [-0.2, 0) is 24.4 Å². The highest BCUT2D eigenvalue weighted by Crippen LogP contribution is 2.23. The van der Waals surface area contributed by atoms with Crippen molar-refractivity contribution in [3.8, 4) is 11.4 Å². The van der Waals surface area contributed by atoms with Gasteiger partial charge in [0.15, 0.2) is 11.0 Å². The smallest absolute Gasteiger partial charge is 0.230 e. The van der Waals surface area contributed by atoms with Gasteiger partial charge in [-0.25, -0.2) is 0 Å². The zero-order valence-electron chi connectivity index (χ0n) is 14.2. The number of hydrogen-bond donors (Lipinski definition) is 1. The van der Waals surface area contributed by atoms with Gasteiger partial charge in [-0.3, -0.25) is 9.48 Å². The van der Waals surface area contributed by atoms with Crippen LogP contribution in [0, 0.1) is 0 Å². The molecule has 0 aliphatic carbocycles. The molecule has 0 aliphatic heterocycles. The number of aryl methyl sites for hydroxylation is 1. The third-order valence-corrected chi connectivity index (χ3v) is 4.59. The fourth-order valence-corrected chi connectivity index (χ4v) is 3.16. The molecule has 1 amide bonds. The third kappa shape index (κ3) is 4.11. The quantitative estimate of drug-likeness (QED) is 0.619. The highest BCUT2D eigenvalue weighted by Gasteiger charge is 2.15. The molecule has 0 unspecified atom stereocenters. The lowest BCUT2D eigenvalue weighted by molar-refractivity contribution is -0.118. The number of thioether (sulfide) groups is 1. The topological polar surface area (TPSA) is 90.8 Å². The summed E-state index contributed by atoms with van der Waals surface area (Å²) in [7, 11) is 0. The first-order valence-electron chi connectivity index (χ1n) is 8.09. The van der Waals surface area contributed by atoms with Gasteiger partial charge in [-0.1, -0.05) is 11.8 Å². The normalized spacial score (nSPS) is 11.0. The van der Waals surface area contributed by atoms with Gasteiger partial charge in [0.25, 0.3) is 0 Å². The minimum atomic E-state index is -0.0765. The predicted octanol–water partition coefficient (Wildman–Crippen LogP) is 2.18. The summed E-state index contributed by atoms with van der Waals surface area (Å²) in [6, 6.07) is 3.62. The molecular weight excluding hydrogens is 340 g/mol. The number of hydrogen-bond acceptors (Lipinski definition) is 6. The Morgan fingerprint density at radius 2 is 2.20 bits per heavy atom. The summed E-state index contributed by atoms with van der Waals surface area (Å²) in [6.07, 6.45) is 5.31. The fraction of sp³-hybridized carbons (Fsp3) is 0.375. The van der Waals surface area contributed by atoms with E-state index in [2.05, 4.69) is 20.6 Å². The third-order valence-electron chi connectivity index (χ3n) is 3.62. The SMILES string of the molecule is CCn1cc(-c2nnc(SCC(=O)NCc3ccco3)n2CC)cn1. The van der Waals surface area contributed by atoms with Crippen molar-refractivity contribution in [3.63, 3.8) is 0 Å². The van der Waals surface area contributed by atoms with Crippen molar-refractivity contribution >= 4 is 17.7 Å². The number of nitrogens with zero attached hydrogens (tertiary/aromatic N) is 5. The molecule has 0 spiro atoms. The van der Waals surface area contributed by atoms with Gasteiger partial charge in [-0.15, -0.1) is 10.2 Å². The van der Waals surface area contributed by atoms with Crippen LogP contribution in [0.2, 0.25) is 0 Å². The zero-order chi connectivity index (χ0) is 17.6. The first kappa shape index (κ1) is 17.3. The van der Waals surface area contributed by atoms with E-state index >= 15 is 0 Å². The Kier molecular flexibility index (Phi) is 5.54. The van der Waals surface area contributed by atoms with Crippen molar-refractivity contribution in [1.82, 2.24) is 29.9 Å². The standard InChI is InChI=1S/C16H20N6O2S/c1-3-21-10-12(8-18-21)15-19-20-16(22(15)4-2)25-11-14(23)17-9-13-6-5-7-24-13/h5-8,10H,3-4,9,11H2,1-2H3,(H,17,23). The largest absolute Gasteiger partial charge is 0.467 e. The van der Waals surface area contributed by atoms with Crippen LogP contribution in [0.5, 0.6) is 0 Å². The summed E-state index contributed by atoms with van der Waals surface area (Å²) in [5.74, 6) is 1.69. The summed E-state index contributed by atoms with van der Waals surface area (Å²) in [4.78, 5) is 12.0. The monoisotopic (exact) mass is 360 g/mol. The van der Waals surface area contributed by atoms with Crippen LogP contribution in [0.25, 0.3) is 11.4 Å². The van der Waals surface area contributed by atoms with Gasteiger partial charge >= 0.3 is 0 Å². The molecule has 0 bridgehead atoms. The van der Waals surface area contributed by atoms with Gasteiger partial charge < -0.3 is 14.3 Å². The summed E-state index contributed by atoms with van der Waals surface area (Å²) in [5, 5.41) is 16.3. The molecule has 0 aromatic carbocycles. The number of rotatable bonds is 8. The second-order valence-electron chi connectivity index (χ2n) is 5.28. The lowest BCUT2D eigenvalue weighted by Gasteiger charge is -2.06. The molecule has 3 aromatic rings. The Balaban J connectivity index is 1.61. The van der Waals surface area contributed by atoms with Crippen LogP contribution >= 0.6 is 11.8 Å². The van der Waals surface area contributed by atoms with Crippen molar-refractivity contribution in [2.75, 3.05) is 5.75 Å². The molecule has 8 nitrogen and oxygen atoms in total. The minimum absolute atomic E-state index is 0.0765. The molecule has 0 aliphatic rings. The summed E-state index contributed by atoms with van der Waals surface area (Å²) >= 11 is 1.36. The molecule has 9 heteroatoms. The highest BCUT2D eigenvalue weighted by molar-refractivity contribution is 7.99. The maximum atomic E-state index is 12.0. The number of carbonyl (C=O) groups is 1. The molecule has 3 rings (SSSR count). The van der Waals surface area contributed by atoms with Gasteiger partial charge in [0.1, 0.15) is 5.76 Å². The second kappa shape index (κ2) is 8.02. The van der Waals surface area contributed by atoms with Gasteiger partial charge in [0, 0.05) is 19.3 Å². The van der Waals surface area contributed by atoms with E-state index in [4.69, 9.17) is 4.42 Å². The van der Waals surface area contributed by atoms with Crippen LogP contribution in [0.15, 0.2) is 40.4 Å². The van der Waals surface area contributed by atoms with E-state index in [9.17, 15) is 4.79 Å². The Labute approximate surface area is 149 Å². The zero-order valence-corrected chi connectivity index (χ0v) is 15.0. The molecule has 132 valence electrons. The molecule has 1 N–H and O–H groups in total. The first-order valence-corrected chi connectivity index (χ1v) is 9.07. The van der Waals surface area contributed by atoms with E-state index in [1.54, 1.807) is 18.5 Å². The van der Waals surface area contributed by atoms with E-state index < -0.39 is 0 Å². The molecule has 0 atom stereocenters. The molecule has 0 saturated heterocycles. The highest BCUT2D eigenvalue weighted by atomic mass is 32.2. The van der Waals surface area contributed by atoms with Gasteiger partial charge in [0.2, 0.25) is 5.91 Å². The maximum absolute atomic E-state index is 12.0. The maximum Gasteiger partial charge on any atom is 0.230 e. The van der Waals surface area contributed by atoms with Gasteiger partial charge in [-0.05, 0) is 26.0 Å². The number of furan rings is 1. The Hall–Kier alpha value is -2.55. The van der Waals surface area contributed by atoms with Crippen LogP contribution in [0.3, 0.4) is 0 Å². The molecule has 25 heavy (non-hydrogen) atoms. The van der Waals surface area contributed by atoms with Crippen LogP contribution in [0.1, 0.15) is 19.6 Å². The number of carbonyl (C=O) groups excluding carboxylic acids is 1. The Morgan fingerprint density at radius 1 is 1.32 bits per heavy atom. The average molecular weight is 360 g/mol. The summed E-state index contributed by atoms with van der Waals surface area (Å²) in [5.41, 5.74) is 0.922. The molecule has 3 heterocycles. The van der Waals surface area contributed by atoms with Crippen molar-refractivity contribution in [2.45, 2.75) is 38.6 Å². The number of aromatic nitrogens is 5. The Bertz CT molecular complexity index is 824. The molecule has 0 fully saturated rings. The van der Waals surface area contributed by atoms with Crippen molar-refractivity contribution < 1.29 is 9.21 Å². The van der Waals surface area contributed by atoms with E-state index in [0.29, 0.717) is 6.54 Å². The van der Waals surface area contributed by atoms with Crippen molar-refractivity contribution in [3.05, 3.63) is 36.5 Å². The van der Waals surface area contributed by atoms with Crippen LogP contribution < -0.4 is 5.32 Å². The van der Waals surface area contributed by atoms with Gasteiger partial charge in [0.05, 0.1) is 30.3 Å². The Morgan fingerprint density at radius 3 is 2.88 bits per heavy atom. The second-order valence-corrected chi connectivity index (χ2v) is 6.22. The molecule has 0 saturated carbocycles. The first-order chi connectivity index (χ1) is 12.2. The van der Waals surface area contributed by atoms with Crippen LogP contribution in [0.4, 0.5) is 0 Å². The van der Waals surface area contributed by atoms with Gasteiger partial charge in [-0.2, -0.15) is 5.10 Å². The van der Waals surface area contributed by atoms with E-state index in [1.165, 1.54) is 11.8 Å². The average Bonchev–Trinajstić information content (AvgIpc) is 3.37. The van der Waals surface area contributed by atoms with E-state index in [0.717, 1.165) is 35.4 Å². The molecule has 3 aromatic heterocycles. The van der Waals surface area contributed by atoms with E-state index in [-0.39, 0.29) is 11.7 Å². The van der Waals surface area contributed by atoms with Crippen molar-refractivity contribution in [2.24, 2.45) is 0 Å². The summed E-state index contributed by atoms with van der Waals surface area (Å²) < 4.78 is 9.02. The number of amides is 1. The fourth-order valence-electron chi connectivity index (χ4n) is 2.33. The number of nitrogens with one attached hydrogen (secondary N) is 1. The minimum Gasteiger partial charge on any atom is -0.467 e. The lowest BCUT2D eigenvalue weighted by atomic mass is 10.3. The lowest BCUT2D eigenvalue weighted by Crippen LogP contribution is -2.24. The molecule has 0 radical (unpaired) electrons. The van der Waals surface area contributed by atoms with E-state index in [1.807, 2.05) is 35.4 Å².